The molecule has 0 nitrogen and oxygen atoms in total. The van der Waals surface area contributed by atoms with Gasteiger partial charge in [0, 0.05) is 0 Å². The quantitative estimate of drug-likeness (QED) is 0.153. The van der Waals surface area contributed by atoms with Gasteiger partial charge in [-0.3, -0.25) is 0 Å². The summed E-state index contributed by atoms with van der Waals surface area (Å²) in [5, 5.41) is 13.9. The molecule has 0 aliphatic carbocycles. The molecule has 0 fully saturated rings. The number of rotatable bonds is 0. The molecule has 5 aromatic carbocycles. The maximum atomic E-state index is 2.45. The van der Waals surface area contributed by atoms with Gasteiger partial charge in [0.2, 0.25) is 0 Å². The van der Waals surface area contributed by atoms with Gasteiger partial charge in [-0.05, 0) is 0 Å². The van der Waals surface area contributed by atoms with Gasteiger partial charge in [0.1, 0.15) is 0 Å². The Kier molecular flexibility index (Phi) is 3.67. The molecule has 0 amide bonds. The molecule has 0 N–H and O–H groups in total. The zero-order chi connectivity index (χ0) is 22.0. The summed E-state index contributed by atoms with van der Waals surface area (Å²) in [7, 11) is 0. The molecule has 9 aromatic rings. The normalized spacial score (nSPS) is 12.7. The van der Waals surface area contributed by atoms with E-state index in [2.05, 4.69) is 82.7 Å². The monoisotopic (exact) mass is 598 g/mol. The summed E-state index contributed by atoms with van der Waals surface area (Å²) in [5.74, 6) is 0. The van der Waals surface area contributed by atoms with Crippen molar-refractivity contribution in [2.24, 2.45) is 0 Å². The van der Waals surface area contributed by atoms with E-state index < -0.39 is 0 Å². The van der Waals surface area contributed by atoms with Gasteiger partial charge in [-0.2, -0.15) is 0 Å². The molecule has 4 heterocycles. The molecular formula is C30H14S2Se2. The summed E-state index contributed by atoms with van der Waals surface area (Å²) in [4.78, 5) is 4.67. The van der Waals surface area contributed by atoms with Gasteiger partial charge < -0.3 is 0 Å². The first-order valence-electron chi connectivity index (χ1n) is 11.2. The second kappa shape index (κ2) is 6.62. The summed E-state index contributed by atoms with van der Waals surface area (Å²) in [6.45, 7) is 0. The Morgan fingerprint density at radius 1 is 0.382 bits per heavy atom. The van der Waals surface area contributed by atoms with Gasteiger partial charge in [-0.25, -0.2) is 0 Å². The van der Waals surface area contributed by atoms with Crippen molar-refractivity contribution in [3.05, 3.63) is 82.7 Å². The molecule has 0 bridgehead atoms. The number of fused-ring (bicyclic) bond motifs is 10. The van der Waals surface area contributed by atoms with Crippen LogP contribution in [-0.2, 0) is 0 Å². The SMILES string of the molecule is c1cc2cc3cc4c(cc3cc2[se]1)sc1cc2c(cc14)sc1cc3cc4[se]ccc4cc3cc12. The Labute approximate surface area is 214 Å². The van der Waals surface area contributed by atoms with Crippen molar-refractivity contribution in [2.75, 3.05) is 0 Å². The average Bonchev–Trinajstić information content (AvgIpc) is 3.61. The molecule has 0 saturated carbocycles. The van der Waals surface area contributed by atoms with E-state index in [1.54, 1.807) is 0 Å². The van der Waals surface area contributed by atoms with Gasteiger partial charge in [0.25, 0.3) is 0 Å². The third-order valence-electron chi connectivity index (χ3n) is 7.12. The predicted octanol–water partition coefficient (Wildman–Crippen LogP) is 9.15. The van der Waals surface area contributed by atoms with Crippen molar-refractivity contribution in [3.8, 4) is 0 Å². The number of hydrogen-bond acceptors (Lipinski definition) is 2. The molecule has 0 aliphatic rings. The van der Waals surface area contributed by atoms with E-state index in [0.29, 0.717) is 29.0 Å². The molecule has 0 unspecified atom stereocenters. The van der Waals surface area contributed by atoms with Gasteiger partial charge in [0.05, 0.1) is 0 Å². The minimum absolute atomic E-state index is 0.492. The zero-order valence-corrected chi connectivity index (χ0v) is 22.8. The Hall–Kier alpha value is -2.42. The summed E-state index contributed by atoms with van der Waals surface area (Å²) in [6, 6.07) is 28.8. The fourth-order valence-electron chi connectivity index (χ4n) is 5.45. The van der Waals surface area contributed by atoms with Crippen LogP contribution < -0.4 is 0 Å². The second-order valence-electron chi connectivity index (χ2n) is 9.06. The molecule has 0 aliphatic heterocycles. The molecule has 4 aromatic heterocycles. The summed E-state index contributed by atoms with van der Waals surface area (Å²) >= 11 is 4.87. The topological polar surface area (TPSA) is 0 Å². The van der Waals surface area contributed by atoms with Crippen LogP contribution in [-0.4, -0.2) is 29.0 Å². The van der Waals surface area contributed by atoms with E-state index in [1.165, 1.54) is 81.2 Å². The van der Waals surface area contributed by atoms with Crippen LogP contribution in [0.5, 0.6) is 0 Å². The number of benzene rings is 5. The third kappa shape index (κ3) is 2.54. The molecule has 34 heavy (non-hydrogen) atoms. The maximum absolute atomic E-state index is 2.45. The van der Waals surface area contributed by atoms with Crippen LogP contribution in [0.25, 0.3) is 81.2 Å². The Balaban J connectivity index is 1.36. The Bertz CT molecular complexity index is 2120. The summed E-state index contributed by atoms with van der Waals surface area (Å²) in [5.41, 5.74) is 0. The first-order valence-corrected chi connectivity index (χ1v) is 16.5. The van der Waals surface area contributed by atoms with Crippen LogP contribution >= 0.6 is 22.7 Å². The van der Waals surface area contributed by atoms with Crippen molar-refractivity contribution >= 4 is 133 Å². The third-order valence-corrected chi connectivity index (χ3v) is 13.0. The molecule has 0 atom stereocenters. The van der Waals surface area contributed by atoms with E-state index in [9.17, 15) is 0 Å². The van der Waals surface area contributed by atoms with Crippen molar-refractivity contribution in [2.45, 2.75) is 0 Å². The van der Waals surface area contributed by atoms with Crippen molar-refractivity contribution in [3.63, 3.8) is 0 Å². The van der Waals surface area contributed by atoms with Crippen LogP contribution in [0, 0.1) is 0 Å². The Morgan fingerprint density at radius 2 is 0.794 bits per heavy atom. The fraction of sp³-hybridized carbons (Fsp3) is 0. The summed E-state index contributed by atoms with van der Waals surface area (Å²) < 4.78 is 8.63. The van der Waals surface area contributed by atoms with E-state index in [4.69, 9.17) is 0 Å². The Morgan fingerprint density at radius 3 is 1.29 bits per heavy atom. The molecule has 0 radical (unpaired) electrons. The van der Waals surface area contributed by atoms with E-state index in [1.807, 2.05) is 22.7 Å². The van der Waals surface area contributed by atoms with Crippen LogP contribution in [0.4, 0.5) is 0 Å². The average molecular weight is 596 g/mol. The van der Waals surface area contributed by atoms with Crippen LogP contribution in [0.2, 0.25) is 0 Å². The predicted molar refractivity (Wildman–Crippen MR) is 156 cm³/mol. The second-order valence-corrected chi connectivity index (χ2v) is 15.2. The van der Waals surface area contributed by atoms with Gasteiger partial charge in [-0.1, -0.05) is 0 Å². The van der Waals surface area contributed by atoms with Gasteiger partial charge in [0.15, 0.2) is 0 Å². The van der Waals surface area contributed by atoms with Crippen LogP contribution in [0.15, 0.2) is 82.7 Å². The molecule has 0 spiro atoms. The minimum atomic E-state index is 0.492. The zero-order valence-electron chi connectivity index (χ0n) is 17.7. The number of hydrogen-bond donors (Lipinski definition) is 0. The van der Waals surface area contributed by atoms with Crippen molar-refractivity contribution in [1.29, 1.82) is 0 Å². The molecule has 0 saturated heterocycles. The fourth-order valence-corrected chi connectivity index (χ4v) is 11.2. The number of thiophene rings is 2. The van der Waals surface area contributed by atoms with E-state index >= 15 is 0 Å². The molecule has 158 valence electrons. The molecule has 4 heteroatoms. The van der Waals surface area contributed by atoms with E-state index in [-0.39, 0.29) is 0 Å². The van der Waals surface area contributed by atoms with Gasteiger partial charge in [-0.15, -0.1) is 0 Å². The summed E-state index contributed by atoms with van der Waals surface area (Å²) in [6.07, 6.45) is 0. The molecule has 9 rings (SSSR count). The first-order chi connectivity index (χ1) is 16.8. The van der Waals surface area contributed by atoms with Gasteiger partial charge >= 0.3 is 216 Å². The standard InChI is InChI=1S/C30H14S2Se2/c1-3-33-29-11-19-9-25-21(7-17(19)5-15(1)29)23-13-28-24(14-27(23)31-25)22-8-18-6-16-2-4-34-30(16)12-20(18)10-26(22)32-28/h1-14H. The van der Waals surface area contributed by atoms with Crippen molar-refractivity contribution in [1.82, 2.24) is 0 Å². The van der Waals surface area contributed by atoms with Crippen molar-refractivity contribution < 1.29 is 0 Å². The van der Waals surface area contributed by atoms with E-state index in [0.717, 1.165) is 0 Å². The first kappa shape index (κ1) is 18.9. The molecular weight excluding hydrogens is 582 g/mol. The van der Waals surface area contributed by atoms with Crippen LogP contribution in [0.3, 0.4) is 0 Å². The van der Waals surface area contributed by atoms with Crippen LogP contribution in [0.1, 0.15) is 0 Å².